The monoisotopic (exact) mass is 251 g/mol. The van der Waals surface area contributed by atoms with Crippen LogP contribution in [-0.2, 0) is 9.84 Å². The van der Waals surface area contributed by atoms with Crippen molar-refractivity contribution in [2.45, 2.75) is 43.2 Å². The van der Waals surface area contributed by atoms with Crippen LogP contribution in [-0.4, -0.2) is 43.0 Å². The zero-order valence-corrected chi connectivity index (χ0v) is 11.5. The van der Waals surface area contributed by atoms with Gasteiger partial charge < -0.3 is 5.32 Å². The summed E-state index contributed by atoms with van der Waals surface area (Å²) in [6, 6.07) is 0.469. The van der Waals surface area contributed by atoms with E-state index >= 15 is 0 Å². The summed E-state index contributed by atoms with van der Waals surface area (Å²) in [5, 5.41) is 3.98. The summed E-state index contributed by atoms with van der Waals surface area (Å²) in [5.74, 6) is 1.18. The number of nitrogens with one attached hydrogen (secondary N) is 1. The molecule has 5 heteroatoms. The molecule has 0 aliphatic carbocycles. The maximum absolute atomic E-state index is 11.5. The molecule has 0 aromatic rings. The molecule has 2 atom stereocenters. The van der Waals surface area contributed by atoms with Crippen LogP contribution in [0.25, 0.3) is 0 Å². The largest absolute Gasteiger partial charge is 0.311 e. The summed E-state index contributed by atoms with van der Waals surface area (Å²) in [4.78, 5) is 0. The van der Waals surface area contributed by atoms with Gasteiger partial charge in [0.2, 0.25) is 0 Å². The lowest BCUT2D eigenvalue weighted by molar-refractivity contribution is 0.462. The summed E-state index contributed by atoms with van der Waals surface area (Å²) in [6.07, 6.45) is 2.45. The normalized spacial score (nSPS) is 28.3. The molecule has 1 fully saturated rings. The van der Waals surface area contributed by atoms with Crippen molar-refractivity contribution in [2.75, 3.05) is 18.6 Å². The van der Waals surface area contributed by atoms with E-state index in [-0.39, 0.29) is 0 Å². The van der Waals surface area contributed by atoms with Crippen molar-refractivity contribution in [3.05, 3.63) is 0 Å². The Bertz CT molecular complexity index is 311. The molecule has 2 unspecified atom stereocenters. The van der Waals surface area contributed by atoms with E-state index in [9.17, 15) is 8.42 Å². The van der Waals surface area contributed by atoms with Gasteiger partial charge in [0.15, 0.2) is 9.84 Å². The number of rotatable bonds is 4. The molecule has 1 heterocycles. The van der Waals surface area contributed by atoms with E-state index in [1.807, 2.05) is 11.8 Å². The standard InChI is InChI=1S/C10H21NO2S2/c1-8-9(5-6-14-8)11-7-10(2,3)15(4,12)13/h8-9,11H,5-7H2,1-4H3. The first-order valence-electron chi connectivity index (χ1n) is 5.28. The zero-order valence-electron chi connectivity index (χ0n) is 9.91. The van der Waals surface area contributed by atoms with Gasteiger partial charge in [-0.05, 0) is 26.0 Å². The van der Waals surface area contributed by atoms with E-state index in [0.29, 0.717) is 17.8 Å². The molecular formula is C10H21NO2S2. The van der Waals surface area contributed by atoms with Gasteiger partial charge in [0.1, 0.15) is 0 Å². The fourth-order valence-corrected chi connectivity index (χ4v) is 3.08. The molecule has 0 bridgehead atoms. The van der Waals surface area contributed by atoms with Crippen molar-refractivity contribution in [2.24, 2.45) is 0 Å². The van der Waals surface area contributed by atoms with Crippen LogP contribution in [0.15, 0.2) is 0 Å². The average Bonchev–Trinajstić information content (AvgIpc) is 2.46. The van der Waals surface area contributed by atoms with Crippen molar-refractivity contribution >= 4 is 21.6 Å². The van der Waals surface area contributed by atoms with Gasteiger partial charge in [0, 0.05) is 24.1 Å². The molecule has 90 valence electrons. The highest BCUT2D eigenvalue weighted by molar-refractivity contribution is 8.00. The molecule has 0 amide bonds. The molecule has 0 aromatic heterocycles. The Hall–Kier alpha value is 0.260. The van der Waals surface area contributed by atoms with E-state index < -0.39 is 14.6 Å². The van der Waals surface area contributed by atoms with E-state index in [4.69, 9.17) is 0 Å². The molecular weight excluding hydrogens is 230 g/mol. The third-order valence-electron chi connectivity index (χ3n) is 3.17. The lowest BCUT2D eigenvalue weighted by Crippen LogP contribution is -2.46. The maximum Gasteiger partial charge on any atom is 0.153 e. The fourth-order valence-electron chi connectivity index (χ4n) is 1.51. The number of sulfone groups is 1. The summed E-state index contributed by atoms with van der Waals surface area (Å²) in [5.41, 5.74) is 0. The van der Waals surface area contributed by atoms with Crippen molar-refractivity contribution in [3.63, 3.8) is 0 Å². The second-order valence-electron chi connectivity index (χ2n) is 4.88. The molecule has 0 spiro atoms. The third-order valence-corrected chi connectivity index (χ3v) is 6.65. The van der Waals surface area contributed by atoms with Crippen LogP contribution in [0.2, 0.25) is 0 Å². The predicted molar refractivity (Wildman–Crippen MR) is 67.3 cm³/mol. The Morgan fingerprint density at radius 1 is 1.47 bits per heavy atom. The minimum atomic E-state index is -2.98. The van der Waals surface area contributed by atoms with E-state index in [0.717, 1.165) is 6.42 Å². The quantitative estimate of drug-likeness (QED) is 0.818. The van der Waals surface area contributed by atoms with Gasteiger partial charge in [-0.1, -0.05) is 6.92 Å². The summed E-state index contributed by atoms with van der Waals surface area (Å²) < 4.78 is 22.3. The van der Waals surface area contributed by atoms with E-state index in [2.05, 4.69) is 12.2 Å². The van der Waals surface area contributed by atoms with Crippen LogP contribution in [0.3, 0.4) is 0 Å². The Kier molecular flexibility index (Phi) is 4.12. The predicted octanol–water partition coefficient (Wildman–Crippen LogP) is 1.29. The highest BCUT2D eigenvalue weighted by Gasteiger charge is 2.32. The first-order chi connectivity index (χ1) is 6.74. The first-order valence-corrected chi connectivity index (χ1v) is 8.22. The van der Waals surface area contributed by atoms with Crippen molar-refractivity contribution in [1.29, 1.82) is 0 Å². The molecule has 0 saturated carbocycles. The van der Waals surface area contributed by atoms with Crippen LogP contribution in [0.4, 0.5) is 0 Å². The molecule has 1 N–H and O–H groups in total. The summed E-state index contributed by atoms with van der Waals surface area (Å²) in [7, 11) is -2.98. The molecule has 1 aliphatic heterocycles. The first kappa shape index (κ1) is 13.3. The number of hydrogen-bond acceptors (Lipinski definition) is 4. The third kappa shape index (κ3) is 3.36. The summed E-state index contributed by atoms with van der Waals surface area (Å²) in [6.45, 7) is 6.30. The number of hydrogen-bond donors (Lipinski definition) is 1. The van der Waals surface area contributed by atoms with E-state index in [1.54, 1.807) is 13.8 Å². The maximum atomic E-state index is 11.5. The highest BCUT2D eigenvalue weighted by Crippen LogP contribution is 2.26. The van der Waals surface area contributed by atoms with Gasteiger partial charge in [0.25, 0.3) is 0 Å². The van der Waals surface area contributed by atoms with Crippen LogP contribution in [0.5, 0.6) is 0 Å². The van der Waals surface area contributed by atoms with Gasteiger partial charge in [-0.3, -0.25) is 0 Å². The minimum absolute atomic E-state index is 0.469. The zero-order chi connectivity index (χ0) is 11.7. The Morgan fingerprint density at radius 2 is 2.07 bits per heavy atom. The SMILES string of the molecule is CC1SCCC1NCC(C)(C)S(C)(=O)=O. The smallest absolute Gasteiger partial charge is 0.153 e. The highest BCUT2D eigenvalue weighted by atomic mass is 32.2. The molecule has 0 radical (unpaired) electrons. The van der Waals surface area contributed by atoms with Gasteiger partial charge in [0.05, 0.1) is 4.75 Å². The van der Waals surface area contributed by atoms with Gasteiger partial charge in [-0.25, -0.2) is 8.42 Å². The molecule has 3 nitrogen and oxygen atoms in total. The van der Waals surface area contributed by atoms with Crippen molar-refractivity contribution in [3.8, 4) is 0 Å². The van der Waals surface area contributed by atoms with Crippen LogP contribution < -0.4 is 5.32 Å². The van der Waals surface area contributed by atoms with Gasteiger partial charge in [-0.15, -0.1) is 0 Å². The average molecular weight is 251 g/mol. The lowest BCUT2D eigenvalue weighted by Gasteiger charge is -2.26. The van der Waals surface area contributed by atoms with Gasteiger partial charge >= 0.3 is 0 Å². The molecule has 1 aliphatic rings. The lowest BCUT2D eigenvalue weighted by atomic mass is 10.1. The Balaban J connectivity index is 2.49. The van der Waals surface area contributed by atoms with Crippen LogP contribution in [0.1, 0.15) is 27.2 Å². The fraction of sp³-hybridized carbons (Fsp3) is 1.00. The Morgan fingerprint density at radius 3 is 2.47 bits per heavy atom. The molecule has 1 rings (SSSR count). The second-order valence-corrected chi connectivity index (χ2v) is 9.02. The van der Waals surface area contributed by atoms with Gasteiger partial charge in [-0.2, -0.15) is 11.8 Å². The Labute approximate surface area is 97.3 Å². The molecule has 15 heavy (non-hydrogen) atoms. The van der Waals surface area contributed by atoms with Crippen LogP contribution in [0, 0.1) is 0 Å². The van der Waals surface area contributed by atoms with Crippen molar-refractivity contribution in [1.82, 2.24) is 5.32 Å². The molecule has 0 aromatic carbocycles. The number of thioether (sulfide) groups is 1. The van der Waals surface area contributed by atoms with Crippen molar-refractivity contribution < 1.29 is 8.42 Å². The van der Waals surface area contributed by atoms with Crippen LogP contribution >= 0.6 is 11.8 Å². The summed E-state index contributed by atoms with van der Waals surface area (Å²) >= 11 is 1.95. The second kappa shape index (κ2) is 4.63. The topological polar surface area (TPSA) is 46.2 Å². The molecule has 1 saturated heterocycles. The van der Waals surface area contributed by atoms with E-state index in [1.165, 1.54) is 12.0 Å². The minimum Gasteiger partial charge on any atom is -0.311 e.